The second kappa shape index (κ2) is 6.23. The molecule has 0 saturated carbocycles. The Hall–Kier alpha value is -2.64. The van der Waals surface area contributed by atoms with E-state index in [-0.39, 0.29) is 5.82 Å². The first kappa shape index (κ1) is 15.3. The van der Waals surface area contributed by atoms with Crippen LogP contribution in [-0.4, -0.2) is 4.98 Å². The topological polar surface area (TPSA) is 62.7 Å². The minimum Gasteiger partial charge on any atom is -0.383 e. The predicted octanol–water partition coefficient (Wildman–Crippen LogP) is 4.94. The van der Waals surface area contributed by atoms with Crippen molar-refractivity contribution in [3.63, 3.8) is 0 Å². The third kappa shape index (κ3) is 3.10. The second-order valence-corrected chi connectivity index (χ2v) is 6.22. The fourth-order valence-corrected chi connectivity index (χ4v) is 2.68. The summed E-state index contributed by atoms with van der Waals surface area (Å²) in [6, 6.07) is 20.0. The molecule has 0 aliphatic carbocycles. The maximum atomic E-state index is 9.44. The fourth-order valence-electron chi connectivity index (χ4n) is 2.41. The number of aromatic nitrogens is 1. The van der Waals surface area contributed by atoms with Crippen LogP contribution in [-0.2, 0) is 0 Å². The van der Waals surface area contributed by atoms with E-state index in [1.165, 1.54) is 5.56 Å². The minimum atomic E-state index is 0.253. The first-order chi connectivity index (χ1) is 11.1. The number of nitriles is 1. The molecular weight excluding hydrogens is 350 g/mol. The standard InChI is InChI=1S/C19H14BrN3/c1-12-2-4-13(5-3-12)16-10-18(23-19(22)17(16)11-21)14-6-8-15(20)9-7-14/h2-10H,1H3,(H2,22,23). The summed E-state index contributed by atoms with van der Waals surface area (Å²) < 4.78 is 1.00. The minimum absolute atomic E-state index is 0.253. The molecule has 1 heterocycles. The Labute approximate surface area is 143 Å². The number of nitrogens with zero attached hydrogens (tertiary/aromatic N) is 2. The van der Waals surface area contributed by atoms with Gasteiger partial charge in [-0.05, 0) is 30.7 Å². The van der Waals surface area contributed by atoms with Gasteiger partial charge in [0.1, 0.15) is 17.5 Å². The van der Waals surface area contributed by atoms with Crippen molar-refractivity contribution >= 4 is 21.7 Å². The number of pyridine rings is 1. The maximum absolute atomic E-state index is 9.44. The van der Waals surface area contributed by atoms with Crippen LogP contribution in [0.25, 0.3) is 22.4 Å². The van der Waals surface area contributed by atoms with Crippen molar-refractivity contribution in [2.45, 2.75) is 6.92 Å². The largest absolute Gasteiger partial charge is 0.383 e. The molecule has 2 N–H and O–H groups in total. The lowest BCUT2D eigenvalue weighted by molar-refractivity contribution is 1.31. The number of benzene rings is 2. The summed E-state index contributed by atoms with van der Waals surface area (Å²) in [5.74, 6) is 0.253. The van der Waals surface area contributed by atoms with Gasteiger partial charge in [-0.3, -0.25) is 0 Å². The van der Waals surface area contributed by atoms with E-state index in [2.05, 4.69) is 27.0 Å². The molecule has 2 aromatic carbocycles. The average Bonchev–Trinajstić information content (AvgIpc) is 2.55. The van der Waals surface area contributed by atoms with E-state index < -0.39 is 0 Å². The van der Waals surface area contributed by atoms with Gasteiger partial charge in [0.25, 0.3) is 0 Å². The molecule has 0 bridgehead atoms. The molecule has 3 nitrogen and oxygen atoms in total. The lowest BCUT2D eigenvalue weighted by Gasteiger charge is -2.10. The van der Waals surface area contributed by atoms with E-state index in [0.717, 1.165) is 26.9 Å². The Morgan fingerprint density at radius 1 is 1.00 bits per heavy atom. The smallest absolute Gasteiger partial charge is 0.142 e. The lowest BCUT2D eigenvalue weighted by Crippen LogP contribution is -1.99. The molecule has 0 amide bonds. The lowest BCUT2D eigenvalue weighted by atomic mass is 9.98. The van der Waals surface area contributed by atoms with E-state index in [0.29, 0.717) is 5.56 Å². The Kier molecular flexibility index (Phi) is 4.14. The average molecular weight is 364 g/mol. The molecular formula is C19H14BrN3. The molecule has 0 saturated heterocycles. The van der Waals surface area contributed by atoms with Crippen LogP contribution in [0, 0.1) is 18.3 Å². The summed E-state index contributed by atoms with van der Waals surface area (Å²) >= 11 is 3.43. The molecule has 3 rings (SSSR count). The zero-order chi connectivity index (χ0) is 16.4. The van der Waals surface area contributed by atoms with Gasteiger partial charge in [-0.15, -0.1) is 0 Å². The molecule has 0 fully saturated rings. The van der Waals surface area contributed by atoms with Gasteiger partial charge in [0.2, 0.25) is 0 Å². The first-order valence-corrected chi connectivity index (χ1v) is 7.91. The molecule has 0 spiro atoms. The summed E-state index contributed by atoms with van der Waals surface area (Å²) in [5.41, 5.74) is 11.1. The summed E-state index contributed by atoms with van der Waals surface area (Å²) in [4.78, 5) is 4.39. The van der Waals surface area contributed by atoms with E-state index in [1.807, 2.05) is 61.5 Å². The molecule has 0 aliphatic heterocycles. The highest BCUT2D eigenvalue weighted by atomic mass is 79.9. The normalized spacial score (nSPS) is 10.3. The van der Waals surface area contributed by atoms with Crippen LogP contribution in [0.2, 0.25) is 0 Å². The zero-order valence-corrected chi connectivity index (χ0v) is 14.1. The molecule has 0 atom stereocenters. The third-order valence-corrected chi connectivity index (χ3v) is 4.19. The van der Waals surface area contributed by atoms with Crippen molar-refractivity contribution in [3.05, 3.63) is 70.2 Å². The van der Waals surface area contributed by atoms with E-state index in [1.54, 1.807) is 0 Å². The van der Waals surface area contributed by atoms with E-state index in [9.17, 15) is 5.26 Å². The van der Waals surface area contributed by atoms with Crippen LogP contribution < -0.4 is 5.73 Å². The molecule has 1 aromatic heterocycles. The van der Waals surface area contributed by atoms with Crippen LogP contribution in [0.3, 0.4) is 0 Å². The molecule has 3 aromatic rings. The third-order valence-electron chi connectivity index (χ3n) is 3.66. The molecule has 0 unspecified atom stereocenters. The number of nitrogens with two attached hydrogens (primary N) is 1. The second-order valence-electron chi connectivity index (χ2n) is 5.30. The van der Waals surface area contributed by atoms with Gasteiger partial charge >= 0.3 is 0 Å². The number of halogens is 1. The summed E-state index contributed by atoms with van der Waals surface area (Å²) in [7, 11) is 0. The Bertz CT molecular complexity index is 892. The molecule has 23 heavy (non-hydrogen) atoms. The quantitative estimate of drug-likeness (QED) is 0.701. The van der Waals surface area contributed by atoms with Gasteiger partial charge in [-0.2, -0.15) is 5.26 Å². The van der Waals surface area contributed by atoms with Gasteiger partial charge in [-0.1, -0.05) is 57.9 Å². The Morgan fingerprint density at radius 2 is 1.61 bits per heavy atom. The van der Waals surface area contributed by atoms with E-state index >= 15 is 0 Å². The van der Waals surface area contributed by atoms with Crippen molar-refractivity contribution < 1.29 is 0 Å². The van der Waals surface area contributed by atoms with Crippen molar-refractivity contribution in [2.24, 2.45) is 0 Å². The molecule has 0 radical (unpaired) electrons. The highest BCUT2D eigenvalue weighted by Gasteiger charge is 2.13. The molecule has 112 valence electrons. The summed E-state index contributed by atoms with van der Waals surface area (Å²) in [6.45, 7) is 2.03. The molecule has 4 heteroatoms. The Morgan fingerprint density at radius 3 is 2.22 bits per heavy atom. The highest BCUT2D eigenvalue weighted by molar-refractivity contribution is 9.10. The van der Waals surface area contributed by atoms with Gasteiger partial charge in [0, 0.05) is 15.6 Å². The zero-order valence-electron chi connectivity index (χ0n) is 12.5. The Balaban J connectivity index is 2.20. The van der Waals surface area contributed by atoms with Gasteiger partial charge < -0.3 is 5.73 Å². The van der Waals surface area contributed by atoms with Crippen molar-refractivity contribution in [2.75, 3.05) is 5.73 Å². The van der Waals surface area contributed by atoms with Crippen LogP contribution in [0.5, 0.6) is 0 Å². The van der Waals surface area contributed by atoms with Crippen LogP contribution >= 0.6 is 15.9 Å². The fraction of sp³-hybridized carbons (Fsp3) is 0.0526. The predicted molar refractivity (Wildman–Crippen MR) is 96.7 cm³/mol. The first-order valence-electron chi connectivity index (χ1n) is 7.12. The number of hydrogen-bond acceptors (Lipinski definition) is 3. The number of nitrogen functional groups attached to an aromatic ring is 1. The highest BCUT2D eigenvalue weighted by Crippen LogP contribution is 2.31. The van der Waals surface area contributed by atoms with Crippen molar-refractivity contribution in [3.8, 4) is 28.5 Å². The van der Waals surface area contributed by atoms with Gasteiger partial charge in [0.05, 0.1) is 5.69 Å². The van der Waals surface area contributed by atoms with Gasteiger partial charge in [0.15, 0.2) is 0 Å². The van der Waals surface area contributed by atoms with Crippen LogP contribution in [0.15, 0.2) is 59.1 Å². The number of hydrogen-bond donors (Lipinski definition) is 1. The van der Waals surface area contributed by atoms with Crippen LogP contribution in [0.4, 0.5) is 5.82 Å². The number of anilines is 1. The van der Waals surface area contributed by atoms with Crippen molar-refractivity contribution in [1.29, 1.82) is 5.26 Å². The van der Waals surface area contributed by atoms with Crippen molar-refractivity contribution in [1.82, 2.24) is 4.98 Å². The summed E-state index contributed by atoms with van der Waals surface area (Å²) in [6.07, 6.45) is 0. The molecule has 0 aliphatic rings. The SMILES string of the molecule is Cc1ccc(-c2cc(-c3ccc(Br)cc3)nc(N)c2C#N)cc1. The number of rotatable bonds is 2. The van der Waals surface area contributed by atoms with E-state index in [4.69, 9.17) is 5.73 Å². The number of aryl methyl sites for hydroxylation is 1. The maximum Gasteiger partial charge on any atom is 0.142 e. The van der Waals surface area contributed by atoms with Gasteiger partial charge in [-0.25, -0.2) is 4.98 Å². The van der Waals surface area contributed by atoms with Crippen LogP contribution in [0.1, 0.15) is 11.1 Å². The monoisotopic (exact) mass is 363 g/mol. The summed E-state index contributed by atoms with van der Waals surface area (Å²) in [5, 5.41) is 9.44.